The van der Waals surface area contributed by atoms with Crippen molar-refractivity contribution in [2.24, 2.45) is 0 Å². The Labute approximate surface area is 112 Å². The summed E-state index contributed by atoms with van der Waals surface area (Å²) in [5, 5.41) is 6.65. The minimum absolute atomic E-state index is 0.0573. The average Bonchev–Trinajstić information content (AvgIpc) is 2.67. The van der Waals surface area contributed by atoms with Crippen LogP contribution < -0.4 is 5.32 Å². The minimum Gasteiger partial charge on any atom is -0.361 e. The Morgan fingerprint density at radius 2 is 2.16 bits per heavy atom. The molecule has 100 valence electrons. The molecule has 0 spiro atoms. The zero-order chi connectivity index (χ0) is 13.8. The lowest BCUT2D eigenvalue weighted by molar-refractivity contribution is -0.116. The summed E-state index contributed by atoms with van der Waals surface area (Å²) in [5.41, 5.74) is 2.92. The largest absolute Gasteiger partial charge is 0.361 e. The molecule has 0 saturated heterocycles. The first-order chi connectivity index (χ1) is 9.06. The fraction of sp³-hybridized carbons (Fsp3) is 0.357. The molecule has 0 radical (unpaired) electrons. The van der Waals surface area contributed by atoms with E-state index in [9.17, 15) is 4.79 Å². The van der Waals surface area contributed by atoms with Crippen molar-refractivity contribution in [1.29, 1.82) is 0 Å². The highest BCUT2D eigenvalue weighted by molar-refractivity contribution is 5.89. The first-order valence-corrected chi connectivity index (χ1v) is 6.20. The van der Waals surface area contributed by atoms with Crippen molar-refractivity contribution in [3.8, 4) is 0 Å². The third kappa shape index (κ3) is 3.40. The van der Waals surface area contributed by atoms with Gasteiger partial charge in [0, 0.05) is 18.2 Å². The van der Waals surface area contributed by atoms with E-state index >= 15 is 0 Å². The van der Waals surface area contributed by atoms with Crippen molar-refractivity contribution < 1.29 is 9.32 Å². The normalized spacial score (nSPS) is 10.5. The average molecular weight is 259 g/mol. The van der Waals surface area contributed by atoms with E-state index in [-0.39, 0.29) is 5.91 Å². The van der Waals surface area contributed by atoms with Gasteiger partial charge < -0.3 is 9.84 Å². The SMILES string of the molecule is Cc1ccnc(NC(=O)CCc2c(C)noc2C)c1. The first-order valence-electron chi connectivity index (χ1n) is 6.20. The maximum absolute atomic E-state index is 11.8. The fourth-order valence-corrected chi connectivity index (χ4v) is 1.91. The number of rotatable bonds is 4. The topological polar surface area (TPSA) is 68.0 Å². The number of aromatic nitrogens is 2. The van der Waals surface area contributed by atoms with E-state index in [0.717, 1.165) is 22.6 Å². The Bertz CT molecular complexity index is 571. The van der Waals surface area contributed by atoms with Crippen LogP contribution in [0.4, 0.5) is 5.82 Å². The molecule has 0 aliphatic rings. The molecule has 5 nitrogen and oxygen atoms in total. The van der Waals surface area contributed by atoms with Gasteiger partial charge in [-0.05, 0) is 44.9 Å². The van der Waals surface area contributed by atoms with Gasteiger partial charge in [-0.2, -0.15) is 0 Å². The number of hydrogen-bond donors (Lipinski definition) is 1. The predicted octanol–water partition coefficient (Wildman–Crippen LogP) is 2.57. The molecule has 19 heavy (non-hydrogen) atoms. The van der Waals surface area contributed by atoms with E-state index in [1.54, 1.807) is 6.20 Å². The summed E-state index contributed by atoms with van der Waals surface area (Å²) in [6.07, 6.45) is 2.69. The van der Waals surface area contributed by atoms with E-state index in [1.165, 1.54) is 0 Å². The Balaban J connectivity index is 1.92. The number of pyridine rings is 1. The monoisotopic (exact) mass is 259 g/mol. The standard InChI is InChI=1S/C14H17N3O2/c1-9-6-7-15-13(8-9)16-14(18)5-4-12-10(2)17-19-11(12)3/h6-8H,4-5H2,1-3H3,(H,15,16,18). The molecule has 2 heterocycles. The van der Waals surface area contributed by atoms with Crippen LogP contribution in [-0.4, -0.2) is 16.0 Å². The van der Waals surface area contributed by atoms with Crippen LogP contribution in [0.2, 0.25) is 0 Å². The number of nitrogens with one attached hydrogen (secondary N) is 1. The van der Waals surface area contributed by atoms with E-state index in [0.29, 0.717) is 18.7 Å². The van der Waals surface area contributed by atoms with Gasteiger partial charge in [0.2, 0.25) is 5.91 Å². The molecule has 1 N–H and O–H groups in total. The molecule has 5 heteroatoms. The molecule has 2 rings (SSSR count). The second kappa shape index (κ2) is 5.65. The lowest BCUT2D eigenvalue weighted by Crippen LogP contribution is -2.13. The number of amides is 1. The Hall–Kier alpha value is -2.17. The third-order valence-corrected chi connectivity index (χ3v) is 2.97. The number of aryl methyl sites for hydroxylation is 3. The fourth-order valence-electron chi connectivity index (χ4n) is 1.91. The van der Waals surface area contributed by atoms with Crippen LogP contribution in [-0.2, 0) is 11.2 Å². The van der Waals surface area contributed by atoms with Gasteiger partial charge in [-0.25, -0.2) is 4.98 Å². The van der Waals surface area contributed by atoms with Gasteiger partial charge in [-0.1, -0.05) is 5.16 Å². The number of anilines is 1. The highest BCUT2D eigenvalue weighted by Crippen LogP contribution is 2.14. The predicted molar refractivity (Wildman–Crippen MR) is 71.9 cm³/mol. The summed E-state index contributed by atoms with van der Waals surface area (Å²) >= 11 is 0. The molecule has 2 aromatic heterocycles. The van der Waals surface area contributed by atoms with Gasteiger partial charge in [0.05, 0.1) is 5.69 Å². The summed E-state index contributed by atoms with van der Waals surface area (Å²) in [4.78, 5) is 15.9. The van der Waals surface area contributed by atoms with Crippen LogP contribution in [0.5, 0.6) is 0 Å². The molecule has 0 bridgehead atoms. The Kier molecular flexibility index (Phi) is 3.94. The van der Waals surface area contributed by atoms with Crippen LogP contribution in [0, 0.1) is 20.8 Å². The van der Waals surface area contributed by atoms with Crippen molar-refractivity contribution >= 4 is 11.7 Å². The summed E-state index contributed by atoms with van der Waals surface area (Å²) in [6, 6.07) is 3.73. The summed E-state index contributed by atoms with van der Waals surface area (Å²) in [6.45, 7) is 5.70. The van der Waals surface area contributed by atoms with Gasteiger partial charge in [0.1, 0.15) is 11.6 Å². The minimum atomic E-state index is -0.0573. The second-order valence-corrected chi connectivity index (χ2v) is 4.57. The zero-order valence-electron chi connectivity index (χ0n) is 11.4. The van der Waals surface area contributed by atoms with Crippen LogP contribution in [0.3, 0.4) is 0 Å². The number of carbonyl (C=O) groups is 1. The van der Waals surface area contributed by atoms with Crippen molar-refractivity contribution in [2.45, 2.75) is 33.6 Å². The van der Waals surface area contributed by atoms with Crippen molar-refractivity contribution in [3.63, 3.8) is 0 Å². The molecule has 0 aliphatic carbocycles. The van der Waals surface area contributed by atoms with Crippen LogP contribution in [0.15, 0.2) is 22.9 Å². The third-order valence-electron chi connectivity index (χ3n) is 2.97. The van der Waals surface area contributed by atoms with Crippen LogP contribution in [0.1, 0.15) is 29.0 Å². The number of carbonyl (C=O) groups excluding carboxylic acids is 1. The molecule has 0 fully saturated rings. The van der Waals surface area contributed by atoms with Crippen LogP contribution in [0.25, 0.3) is 0 Å². The quantitative estimate of drug-likeness (QED) is 0.916. The second-order valence-electron chi connectivity index (χ2n) is 4.57. The molecule has 0 aromatic carbocycles. The highest BCUT2D eigenvalue weighted by Gasteiger charge is 2.11. The first kappa shape index (κ1) is 13.3. The van der Waals surface area contributed by atoms with E-state index < -0.39 is 0 Å². The lowest BCUT2D eigenvalue weighted by atomic mass is 10.1. The highest BCUT2D eigenvalue weighted by atomic mass is 16.5. The van der Waals surface area contributed by atoms with Gasteiger partial charge in [0.25, 0.3) is 0 Å². The number of hydrogen-bond acceptors (Lipinski definition) is 4. The molecule has 1 amide bonds. The van der Waals surface area contributed by atoms with Crippen molar-refractivity contribution in [1.82, 2.24) is 10.1 Å². The zero-order valence-corrected chi connectivity index (χ0v) is 11.4. The van der Waals surface area contributed by atoms with Gasteiger partial charge >= 0.3 is 0 Å². The Morgan fingerprint density at radius 3 is 2.79 bits per heavy atom. The van der Waals surface area contributed by atoms with E-state index in [2.05, 4.69) is 15.5 Å². The van der Waals surface area contributed by atoms with E-state index in [4.69, 9.17) is 4.52 Å². The Morgan fingerprint density at radius 1 is 1.37 bits per heavy atom. The maximum Gasteiger partial charge on any atom is 0.225 e. The maximum atomic E-state index is 11.8. The summed E-state index contributed by atoms with van der Waals surface area (Å²) in [7, 11) is 0. The van der Waals surface area contributed by atoms with Crippen molar-refractivity contribution in [2.75, 3.05) is 5.32 Å². The summed E-state index contributed by atoms with van der Waals surface area (Å²) in [5.74, 6) is 1.31. The smallest absolute Gasteiger partial charge is 0.225 e. The molecule has 2 aromatic rings. The summed E-state index contributed by atoms with van der Waals surface area (Å²) < 4.78 is 5.07. The molecule has 0 aliphatic heterocycles. The lowest BCUT2D eigenvalue weighted by Gasteiger charge is -2.04. The van der Waals surface area contributed by atoms with Crippen molar-refractivity contribution in [3.05, 3.63) is 40.9 Å². The van der Waals surface area contributed by atoms with Crippen LogP contribution >= 0.6 is 0 Å². The molecule has 0 unspecified atom stereocenters. The number of nitrogens with zero attached hydrogens (tertiary/aromatic N) is 2. The molecular weight excluding hydrogens is 242 g/mol. The van der Waals surface area contributed by atoms with Gasteiger partial charge in [0.15, 0.2) is 0 Å². The van der Waals surface area contributed by atoms with Gasteiger partial charge in [-0.15, -0.1) is 0 Å². The van der Waals surface area contributed by atoms with Gasteiger partial charge in [-0.3, -0.25) is 4.79 Å². The molecule has 0 saturated carbocycles. The van der Waals surface area contributed by atoms with E-state index in [1.807, 2.05) is 32.9 Å². The molecular formula is C14H17N3O2. The molecule has 0 atom stereocenters.